The van der Waals surface area contributed by atoms with Gasteiger partial charge >= 0.3 is 5.97 Å². The maximum Gasteiger partial charge on any atom is 0.346 e. The Balaban J connectivity index is 1.46. The molecule has 11 heteroatoms. The fraction of sp³-hybridized carbons (Fsp3) is 0.250. The van der Waals surface area contributed by atoms with Crippen LogP contribution in [-0.4, -0.2) is 50.9 Å². The molecule has 2 aliphatic rings. The Morgan fingerprint density at radius 1 is 0.525 bits per heavy atom. The van der Waals surface area contributed by atoms with Gasteiger partial charge in [-0.15, -0.1) is 0 Å². The number of benzene rings is 4. The molecule has 0 spiro atoms. The SMILES string of the molecule is CC(C)(C)c1ccc2c(c1)-c1nc-2nc2[nH]c(nc3nc(nc4[nH]c(n1)c1ccc(/C=C(/C#N)C(=O)O)cc41)-c1ccc(C(C)(C)C)cc1-3)c1ccc(C(C)(C)C)cc21. The number of fused-ring (bicyclic) bond motifs is 20. The van der Waals surface area contributed by atoms with Crippen molar-refractivity contribution in [1.82, 2.24) is 39.9 Å². The Labute approximate surface area is 341 Å². The van der Waals surface area contributed by atoms with Gasteiger partial charge in [0.25, 0.3) is 0 Å². The summed E-state index contributed by atoms with van der Waals surface area (Å²) in [7, 11) is 0. The van der Waals surface area contributed by atoms with Crippen LogP contribution in [0.1, 0.15) is 84.6 Å². The largest absolute Gasteiger partial charge is 0.477 e. The second kappa shape index (κ2) is 13.0. The van der Waals surface area contributed by atoms with E-state index < -0.39 is 5.97 Å². The molecule has 4 aromatic carbocycles. The molecule has 0 radical (unpaired) electrons. The Kier molecular flexibility index (Phi) is 8.25. The van der Waals surface area contributed by atoms with E-state index in [2.05, 4.69) is 121 Å². The second-order valence-corrected chi connectivity index (χ2v) is 18.4. The normalized spacial score (nSPS) is 13.1. The third kappa shape index (κ3) is 6.51. The van der Waals surface area contributed by atoms with E-state index in [-0.39, 0.29) is 21.8 Å². The summed E-state index contributed by atoms with van der Waals surface area (Å²) in [6.45, 7) is 19.6. The number of aromatic amines is 2. The van der Waals surface area contributed by atoms with E-state index in [4.69, 9.17) is 29.9 Å². The van der Waals surface area contributed by atoms with Gasteiger partial charge in [-0.05, 0) is 74.9 Å². The first-order valence-corrected chi connectivity index (χ1v) is 19.6. The number of aromatic nitrogens is 8. The highest BCUT2D eigenvalue weighted by molar-refractivity contribution is 6.07. The predicted octanol–water partition coefficient (Wildman–Crippen LogP) is 10.8. The van der Waals surface area contributed by atoms with Gasteiger partial charge in [-0.3, -0.25) is 0 Å². The molecule has 2 aliphatic heterocycles. The highest BCUT2D eigenvalue weighted by Crippen LogP contribution is 2.40. The first kappa shape index (κ1) is 37.5. The number of nitrogens with one attached hydrogen (secondary N) is 2. The summed E-state index contributed by atoms with van der Waals surface area (Å²) < 4.78 is 0. The van der Waals surface area contributed by atoms with Crippen LogP contribution in [0.25, 0.3) is 95.8 Å². The summed E-state index contributed by atoms with van der Waals surface area (Å²) in [4.78, 5) is 49.9. The van der Waals surface area contributed by atoms with Crippen molar-refractivity contribution in [3.05, 3.63) is 101 Å². The van der Waals surface area contributed by atoms with Crippen molar-refractivity contribution in [3.63, 3.8) is 0 Å². The van der Waals surface area contributed by atoms with Crippen LogP contribution in [0.2, 0.25) is 0 Å². The number of rotatable bonds is 2. The predicted molar refractivity (Wildman–Crippen MR) is 233 cm³/mol. The van der Waals surface area contributed by atoms with Crippen molar-refractivity contribution in [1.29, 1.82) is 5.26 Å². The molecule has 0 amide bonds. The average Bonchev–Trinajstić information content (AvgIpc) is 3.90. The molecule has 5 heterocycles. The third-order valence-corrected chi connectivity index (χ3v) is 11.1. The Morgan fingerprint density at radius 2 is 0.915 bits per heavy atom. The number of carboxylic acid groups (broad SMARTS) is 1. The molecule has 3 N–H and O–H groups in total. The highest BCUT2D eigenvalue weighted by atomic mass is 16.4. The maximum absolute atomic E-state index is 11.8. The molecule has 3 aromatic heterocycles. The molecule has 0 fully saturated rings. The quantitative estimate of drug-likeness (QED) is 0.114. The summed E-state index contributed by atoms with van der Waals surface area (Å²) in [5, 5.41) is 22.4. The van der Waals surface area contributed by atoms with Crippen LogP contribution >= 0.6 is 0 Å². The number of H-pyrrole nitrogens is 2. The Bertz CT molecular complexity index is 3190. The highest BCUT2D eigenvalue weighted by Gasteiger charge is 2.26. The number of hydrogen-bond donors (Lipinski definition) is 3. The second-order valence-electron chi connectivity index (χ2n) is 18.4. The van der Waals surface area contributed by atoms with Crippen molar-refractivity contribution in [2.24, 2.45) is 0 Å². The third-order valence-electron chi connectivity index (χ3n) is 11.1. The number of aliphatic carboxylic acids is 1. The van der Waals surface area contributed by atoms with Crippen LogP contribution in [0.15, 0.2) is 78.4 Å². The summed E-state index contributed by atoms with van der Waals surface area (Å²) in [5.74, 6) is 0.653. The smallest absolute Gasteiger partial charge is 0.346 e. The minimum Gasteiger partial charge on any atom is -0.477 e. The van der Waals surface area contributed by atoms with Gasteiger partial charge in [0.2, 0.25) is 0 Å². The molecule has 0 aliphatic carbocycles. The molecule has 292 valence electrons. The van der Waals surface area contributed by atoms with Crippen LogP contribution in [0.3, 0.4) is 0 Å². The average molecular weight is 778 g/mol. The van der Waals surface area contributed by atoms with E-state index in [9.17, 15) is 15.2 Å². The molecule has 11 nitrogen and oxygen atoms in total. The van der Waals surface area contributed by atoms with E-state index in [1.807, 2.05) is 12.1 Å². The van der Waals surface area contributed by atoms with Crippen LogP contribution in [0, 0.1) is 11.3 Å². The van der Waals surface area contributed by atoms with Gasteiger partial charge in [-0.25, -0.2) is 34.7 Å². The lowest BCUT2D eigenvalue weighted by Crippen LogP contribution is -2.10. The van der Waals surface area contributed by atoms with Gasteiger partial charge < -0.3 is 15.1 Å². The number of carboxylic acids is 1. The van der Waals surface area contributed by atoms with Gasteiger partial charge in [0.05, 0.1) is 0 Å². The van der Waals surface area contributed by atoms with Crippen LogP contribution < -0.4 is 0 Å². The summed E-state index contributed by atoms with van der Waals surface area (Å²) in [6, 6.07) is 26.2. The van der Waals surface area contributed by atoms with E-state index in [1.165, 1.54) is 6.08 Å². The lowest BCUT2D eigenvalue weighted by Gasteiger charge is -2.19. The van der Waals surface area contributed by atoms with Crippen molar-refractivity contribution < 1.29 is 9.90 Å². The summed E-state index contributed by atoms with van der Waals surface area (Å²) >= 11 is 0. The fourth-order valence-corrected chi connectivity index (χ4v) is 7.61. The summed E-state index contributed by atoms with van der Waals surface area (Å²) in [5.41, 5.74) is 8.73. The zero-order valence-corrected chi connectivity index (χ0v) is 34.5. The van der Waals surface area contributed by atoms with Gasteiger partial charge in [0, 0.05) is 43.8 Å². The number of nitrogens with zero attached hydrogens (tertiary/aromatic N) is 7. The van der Waals surface area contributed by atoms with E-state index in [1.54, 1.807) is 18.2 Å². The molecule has 0 unspecified atom stereocenters. The van der Waals surface area contributed by atoms with Crippen LogP contribution in [0.5, 0.6) is 0 Å². The van der Waals surface area contributed by atoms with E-state index in [0.29, 0.717) is 56.8 Å². The molecule has 7 aromatic rings. The van der Waals surface area contributed by atoms with Crippen molar-refractivity contribution >= 4 is 56.2 Å². The summed E-state index contributed by atoms with van der Waals surface area (Å²) in [6.07, 6.45) is 1.35. The zero-order valence-electron chi connectivity index (χ0n) is 34.5. The number of nitriles is 1. The zero-order chi connectivity index (χ0) is 41.8. The molecule has 0 saturated heterocycles. The lowest BCUT2D eigenvalue weighted by molar-refractivity contribution is -0.132. The minimum absolute atomic E-state index is 0.109. The van der Waals surface area contributed by atoms with E-state index in [0.717, 1.165) is 55.1 Å². The van der Waals surface area contributed by atoms with Crippen molar-refractivity contribution in [2.45, 2.75) is 78.6 Å². The van der Waals surface area contributed by atoms with Gasteiger partial charge in [0.15, 0.2) is 23.3 Å². The Morgan fingerprint density at radius 3 is 1.36 bits per heavy atom. The van der Waals surface area contributed by atoms with Gasteiger partial charge in [-0.1, -0.05) is 105 Å². The first-order valence-electron chi connectivity index (χ1n) is 19.6. The topological polar surface area (TPSA) is 170 Å². The van der Waals surface area contributed by atoms with E-state index >= 15 is 0 Å². The molecule has 8 bridgehead atoms. The molecule has 0 saturated carbocycles. The monoisotopic (exact) mass is 777 g/mol. The standard InChI is InChI=1S/C48H43N9O2/c1-46(2,3)26-11-15-30-34(20-26)43-53-38(30)51-41-33-19-24(18-25(23-49)45(58)59)10-14-29(33)37(50-41)52-42-35-21-27(47(4,5)6)12-16-31(35)39(54-42)56-44-36-22-28(48(7,8)9)13-17-32(36)40(55-43)57-44/h10-22H,1-9H3,(H,58,59)(H2,50,51,52,53,54,55,56,57)/b25-18-. The molecule has 59 heavy (non-hydrogen) atoms. The molecule has 0 atom stereocenters. The maximum atomic E-state index is 11.8. The van der Waals surface area contributed by atoms with Crippen LogP contribution in [0.4, 0.5) is 0 Å². The lowest BCUT2D eigenvalue weighted by atomic mass is 9.85. The minimum atomic E-state index is -1.31. The molecular weight excluding hydrogens is 735 g/mol. The number of hydrogen-bond acceptors (Lipinski definition) is 8. The van der Waals surface area contributed by atoms with Gasteiger partial charge in [-0.2, -0.15) is 5.26 Å². The van der Waals surface area contributed by atoms with Gasteiger partial charge in [0.1, 0.15) is 34.2 Å². The van der Waals surface area contributed by atoms with Crippen LogP contribution in [-0.2, 0) is 21.0 Å². The fourth-order valence-electron chi connectivity index (χ4n) is 7.61. The Hall–Kier alpha value is -7.06. The first-order chi connectivity index (χ1) is 27.8. The molecular formula is C48H43N9O2. The number of carbonyl (C=O) groups is 1. The van der Waals surface area contributed by atoms with Crippen molar-refractivity contribution in [2.75, 3.05) is 0 Å². The molecule has 9 rings (SSSR count). The van der Waals surface area contributed by atoms with Crippen molar-refractivity contribution in [3.8, 4) is 51.6 Å².